The van der Waals surface area contributed by atoms with Crippen LogP contribution < -0.4 is 0 Å². The number of hydrogen-bond acceptors (Lipinski definition) is 3. The van der Waals surface area contributed by atoms with Crippen LogP contribution in [0.25, 0.3) is 6.08 Å². The van der Waals surface area contributed by atoms with Gasteiger partial charge in [0, 0.05) is 0 Å². The number of aryl methyl sites for hydroxylation is 2. The van der Waals surface area contributed by atoms with Crippen molar-refractivity contribution in [1.29, 1.82) is 0 Å². The van der Waals surface area contributed by atoms with E-state index in [1.165, 1.54) is 5.56 Å². The molecule has 2 rings (SSSR count). The Bertz CT molecular complexity index is 710. The molecule has 23 heavy (non-hydrogen) atoms. The number of carbonyl (C=O) groups is 1. The van der Waals surface area contributed by atoms with Gasteiger partial charge in [0.2, 0.25) is 0 Å². The zero-order valence-electron chi connectivity index (χ0n) is 13.7. The lowest BCUT2D eigenvalue weighted by atomic mass is 10.1. The number of hydrogen-bond donors (Lipinski definition) is 0. The average molecular weight is 307 g/mol. The molecular formula is C20H21NO2. The second-order valence-electron chi connectivity index (χ2n) is 5.30. The second-order valence-corrected chi connectivity index (χ2v) is 5.30. The van der Waals surface area contributed by atoms with Crippen LogP contribution in [0.2, 0.25) is 0 Å². The van der Waals surface area contributed by atoms with E-state index in [1.807, 2.05) is 68.5 Å². The Labute approximate surface area is 137 Å². The highest BCUT2D eigenvalue weighted by atomic mass is 16.5. The predicted octanol–water partition coefficient (Wildman–Crippen LogP) is 4.65. The van der Waals surface area contributed by atoms with Gasteiger partial charge in [-0.3, -0.25) is 0 Å². The summed E-state index contributed by atoms with van der Waals surface area (Å²) in [5, 5.41) is 0. The lowest BCUT2D eigenvalue weighted by Crippen LogP contribution is -2.15. The minimum atomic E-state index is -0.420. The number of ether oxygens (including phenoxy) is 1. The van der Waals surface area contributed by atoms with Gasteiger partial charge in [0.1, 0.15) is 5.71 Å². The second kappa shape index (κ2) is 8.08. The molecule has 0 heterocycles. The van der Waals surface area contributed by atoms with E-state index in [1.54, 1.807) is 13.0 Å². The first-order valence-electron chi connectivity index (χ1n) is 7.65. The van der Waals surface area contributed by atoms with Crippen molar-refractivity contribution < 1.29 is 9.53 Å². The van der Waals surface area contributed by atoms with E-state index >= 15 is 0 Å². The lowest BCUT2D eigenvalue weighted by Gasteiger charge is -2.03. The molecule has 0 bridgehead atoms. The van der Waals surface area contributed by atoms with Crippen molar-refractivity contribution in [2.75, 3.05) is 6.61 Å². The summed E-state index contributed by atoms with van der Waals surface area (Å²) in [6, 6.07) is 15.8. The standard InChI is InChI=1S/C20H21NO2/c1-4-23-20(22)19(21-18-12-7-16(3)8-13-18)14-11-17-9-5-15(2)6-10-17/h5-14H,4H2,1-3H3/b14-11+,21-19?. The average Bonchev–Trinajstić information content (AvgIpc) is 2.55. The fraction of sp³-hybridized carbons (Fsp3) is 0.200. The van der Waals surface area contributed by atoms with Crippen LogP contribution in [0.5, 0.6) is 0 Å². The monoisotopic (exact) mass is 307 g/mol. The molecule has 0 atom stereocenters. The molecule has 0 fully saturated rings. The Morgan fingerprint density at radius 1 is 1.00 bits per heavy atom. The molecule has 0 aliphatic rings. The molecule has 2 aromatic rings. The Balaban J connectivity index is 2.28. The summed E-state index contributed by atoms with van der Waals surface area (Å²) in [6.07, 6.45) is 3.56. The smallest absolute Gasteiger partial charge is 0.356 e. The molecule has 0 unspecified atom stereocenters. The van der Waals surface area contributed by atoms with Gasteiger partial charge in [-0.2, -0.15) is 0 Å². The summed E-state index contributed by atoms with van der Waals surface area (Å²) < 4.78 is 5.09. The molecule has 0 saturated carbocycles. The van der Waals surface area contributed by atoms with Gasteiger partial charge in [-0.25, -0.2) is 9.79 Å². The van der Waals surface area contributed by atoms with Gasteiger partial charge in [-0.05, 0) is 44.5 Å². The SMILES string of the molecule is CCOC(=O)C(/C=C/c1ccc(C)cc1)=Nc1ccc(C)cc1. The molecule has 0 aromatic heterocycles. The first-order chi connectivity index (χ1) is 11.1. The van der Waals surface area contributed by atoms with Crippen molar-refractivity contribution in [3.8, 4) is 0 Å². The van der Waals surface area contributed by atoms with Gasteiger partial charge >= 0.3 is 5.97 Å². The summed E-state index contributed by atoms with van der Waals surface area (Å²) in [6.45, 7) is 6.16. The van der Waals surface area contributed by atoms with Crippen molar-refractivity contribution in [3.05, 3.63) is 71.3 Å². The van der Waals surface area contributed by atoms with Crippen LogP contribution in [-0.4, -0.2) is 18.3 Å². The zero-order valence-corrected chi connectivity index (χ0v) is 13.7. The number of esters is 1. The van der Waals surface area contributed by atoms with Crippen molar-refractivity contribution in [3.63, 3.8) is 0 Å². The Hall–Kier alpha value is -2.68. The molecule has 3 nitrogen and oxygen atoms in total. The topological polar surface area (TPSA) is 38.7 Å². The first-order valence-corrected chi connectivity index (χ1v) is 7.65. The van der Waals surface area contributed by atoms with Crippen molar-refractivity contribution in [2.45, 2.75) is 20.8 Å². The molecule has 0 N–H and O–H groups in total. The van der Waals surface area contributed by atoms with Crippen LogP contribution in [0.1, 0.15) is 23.6 Å². The maximum atomic E-state index is 12.1. The molecule has 0 radical (unpaired) electrons. The maximum Gasteiger partial charge on any atom is 0.356 e. The van der Waals surface area contributed by atoms with Crippen LogP contribution in [0.3, 0.4) is 0 Å². The zero-order chi connectivity index (χ0) is 16.7. The van der Waals surface area contributed by atoms with E-state index in [0.29, 0.717) is 6.61 Å². The lowest BCUT2D eigenvalue weighted by molar-refractivity contribution is -0.134. The van der Waals surface area contributed by atoms with E-state index in [2.05, 4.69) is 4.99 Å². The number of rotatable bonds is 5. The Kier molecular flexibility index (Phi) is 5.87. The van der Waals surface area contributed by atoms with Gasteiger partial charge in [-0.15, -0.1) is 0 Å². The molecule has 0 aliphatic heterocycles. The molecule has 3 heteroatoms. The molecule has 0 spiro atoms. The summed E-state index contributed by atoms with van der Waals surface area (Å²) in [4.78, 5) is 16.5. The van der Waals surface area contributed by atoms with E-state index in [9.17, 15) is 4.79 Å². The minimum Gasteiger partial charge on any atom is -0.461 e. The third-order valence-corrected chi connectivity index (χ3v) is 3.28. The van der Waals surface area contributed by atoms with Crippen LogP contribution in [0.15, 0.2) is 59.6 Å². The highest BCUT2D eigenvalue weighted by Crippen LogP contribution is 2.14. The largest absolute Gasteiger partial charge is 0.461 e. The summed E-state index contributed by atoms with van der Waals surface area (Å²) >= 11 is 0. The quantitative estimate of drug-likeness (QED) is 0.595. The highest BCUT2D eigenvalue weighted by molar-refractivity contribution is 6.42. The van der Waals surface area contributed by atoms with Crippen LogP contribution in [0.4, 0.5) is 5.69 Å². The minimum absolute atomic E-state index is 0.288. The molecule has 0 aliphatic carbocycles. The van der Waals surface area contributed by atoms with Gasteiger partial charge in [-0.1, -0.05) is 53.6 Å². The molecule has 118 valence electrons. The number of aliphatic imine (C=N–C) groups is 1. The van der Waals surface area contributed by atoms with E-state index in [4.69, 9.17) is 4.74 Å². The van der Waals surface area contributed by atoms with Crippen molar-refractivity contribution in [1.82, 2.24) is 0 Å². The van der Waals surface area contributed by atoms with E-state index < -0.39 is 5.97 Å². The Morgan fingerprint density at radius 3 is 2.13 bits per heavy atom. The van der Waals surface area contributed by atoms with Gasteiger partial charge in [0.05, 0.1) is 12.3 Å². The summed E-state index contributed by atoms with van der Waals surface area (Å²) in [5.74, 6) is -0.420. The first kappa shape index (κ1) is 16.7. The maximum absolute atomic E-state index is 12.1. The third-order valence-electron chi connectivity index (χ3n) is 3.28. The van der Waals surface area contributed by atoms with Crippen molar-refractivity contribution >= 4 is 23.4 Å². The molecule has 2 aromatic carbocycles. The summed E-state index contributed by atoms with van der Waals surface area (Å²) in [5.41, 5.74) is 4.37. The third kappa shape index (κ3) is 5.22. The molecular weight excluding hydrogens is 286 g/mol. The number of benzene rings is 2. The van der Waals surface area contributed by atoms with Crippen molar-refractivity contribution in [2.24, 2.45) is 4.99 Å². The fourth-order valence-electron chi connectivity index (χ4n) is 1.97. The molecule has 0 amide bonds. The normalized spacial score (nSPS) is 11.7. The number of carbonyl (C=O) groups excluding carboxylic acids is 1. The highest BCUT2D eigenvalue weighted by Gasteiger charge is 2.09. The van der Waals surface area contributed by atoms with Gasteiger partial charge in [0.15, 0.2) is 0 Å². The van der Waals surface area contributed by atoms with Crippen LogP contribution >= 0.6 is 0 Å². The Morgan fingerprint density at radius 2 is 1.57 bits per heavy atom. The fourth-order valence-corrected chi connectivity index (χ4v) is 1.97. The van der Waals surface area contributed by atoms with Gasteiger partial charge < -0.3 is 4.74 Å². The molecule has 0 saturated heterocycles. The van der Waals surface area contributed by atoms with Crippen LogP contribution in [0, 0.1) is 13.8 Å². The van der Waals surface area contributed by atoms with E-state index in [0.717, 1.165) is 16.8 Å². The number of nitrogens with zero attached hydrogens (tertiary/aromatic N) is 1. The predicted molar refractivity (Wildman–Crippen MR) is 95.1 cm³/mol. The summed E-state index contributed by atoms with van der Waals surface area (Å²) in [7, 11) is 0. The van der Waals surface area contributed by atoms with Gasteiger partial charge in [0.25, 0.3) is 0 Å². The van der Waals surface area contributed by atoms with Crippen LogP contribution in [-0.2, 0) is 9.53 Å². The van der Waals surface area contributed by atoms with E-state index in [-0.39, 0.29) is 5.71 Å².